The molecule has 15 heteroatoms. The molecule has 0 unspecified atom stereocenters. The van der Waals surface area contributed by atoms with Crippen molar-refractivity contribution in [2.24, 2.45) is 0 Å². The van der Waals surface area contributed by atoms with Gasteiger partial charge in [-0.3, -0.25) is 0 Å². The highest BCUT2D eigenvalue weighted by Gasteiger charge is 2.47. The molecule has 0 aliphatic heterocycles. The van der Waals surface area contributed by atoms with Crippen LogP contribution >= 0.6 is 0 Å². The van der Waals surface area contributed by atoms with Gasteiger partial charge in [-0.15, -0.1) is 0 Å². The normalized spacial score (nSPS) is 11.6. The average Bonchev–Trinajstić information content (AvgIpc) is 2.67. The van der Waals surface area contributed by atoms with Crippen LogP contribution in [0.4, 0.5) is 43.9 Å². The summed E-state index contributed by atoms with van der Waals surface area (Å²) >= 11 is -4.35. The Morgan fingerprint density at radius 2 is 0.700 bits per heavy atom. The molecule has 0 saturated heterocycles. The molecule has 0 atom stereocenters. The van der Waals surface area contributed by atoms with Crippen molar-refractivity contribution in [3.63, 3.8) is 0 Å². The van der Waals surface area contributed by atoms with E-state index in [0.29, 0.717) is 0 Å². The van der Waals surface area contributed by atoms with E-state index < -0.39 is 93.1 Å². The van der Waals surface area contributed by atoms with Crippen molar-refractivity contribution in [1.82, 2.24) is 0 Å². The van der Waals surface area contributed by atoms with Crippen molar-refractivity contribution in [1.29, 1.82) is 0 Å². The number of rotatable bonds is 6. The smallest absolute Gasteiger partial charge is 0.584 e. The van der Waals surface area contributed by atoms with Crippen molar-refractivity contribution >= 4 is 23.5 Å². The second kappa shape index (κ2) is 8.66. The van der Waals surface area contributed by atoms with Gasteiger partial charge in [-0.25, -0.2) is 26.3 Å². The van der Waals surface area contributed by atoms with Gasteiger partial charge < -0.3 is 11.1 Å². The highest BCUT2D eigenvalue weighted by Crippen LogP contribution is 2.33. The topological polar surface area (TPSA) is 27.7 Å². The highest BCUT2D eigenvalue weighted by molar-refractivity contribution is 6.75. The Labute approximate surface area is 168 Å². The molecular weight excluding hydrogens is 473 g/mol. The Morgan fingerprint density at radius 3 is 0.933 bits per heavy atom. The molecule has 2 aromatic rings. The van der Waals surface area contributed by atoms with Crippen LogP contribution < -0.4 is 7.58 Å². The SMILES string of the molecule is C[Si](C)(C)[O][Al]([O]c1c(F)c(F)c(F)c(F)c1F)[O]c1c(F)c(F)c(F)c(F)c1F. The summed E-state index contributed by atoms with van der Waals surface area (Å²) in [5.41, 5.74) is 0. The molecular formula is C15H9AlF10O3Si. The Balaban J connectivity index is 2.56. The van der Waals surface area contributed by atoms with Gasteiger partial charge in [0, 0.05) is 0 Å². The van der Waals surface area contributed by atoms with Crippen molar-refractivity contribution in [2.75, 3.05) is 0 Å². The Kier molecular flexibility index (Phi) is 7.02. The van der Waals surface area contributed by atoms with Crippen LogP contribution in [-0.4, -0.2) is 23.5 Å². The third-order valence-electron chi connectivity index (χ3n) is 3.22. The first-order valence-electron chi connectivity index (χ1n) is 7.71. The molecule has 0 aromatic heterocycles. The molecule has 30 heavy (non-hydrogen) atoms. The lowest BCUT2D eigenvalue weighted by atomic mass is 10.3. The van der Waals surface area contributed by atoms with Gasteiger partial charge in [0.1, 0.15) is 0 Å². The van der Waals surface area contributed by atoms with E-state index in [-0.39, 0.29) is 0 Å². The van der Waals surface area contributed by atoms with Crippen LogP contribution in [0.2, 0.25) is 19.6 Å². The maximum atomic E-state index is 13.8. The highest BCUT2D eigenvalue weighted by atomic mass is 28.4. The fourth-order valence-electron chi connectivity index (χ4n) is 1.93. The van der Waals surface area contributed by atoms with E-state index >= 15 is 0 Å². The van der Waals surface area contributed by atoms with Crippen LogP contribution in [0.3, 0.4) is 0 Å². The lowest BCUT2D eigenvalue weighted by Crippen LogP contribution is -2.44. The molecule has 0 heterocycles. The van der Waals surface area contributed by atoms with Gasteiger partial charge in [-0.2, -0.15) is 17.6 Å². The molecule has 2 aromatic carbocycles. The quantitative estimate of drug-likeness (QED) is 0.240. The minimum atomic E-state index is -4.35. The molecule has 0 saturated carbocycles. The molecule has 3 nitrogen and oxygen atoms in total. The summed E-state index contributed by atoms with van der Waals surface area (Å²) < 4.78 is 149. The first kappa shape index (κ1) is 24.3. The van der Waals surface area contributed by atoms with Gasteiger partial charge >= 0.3 is 15.1 Å². The van der Waals surface area contributed by atoms with E-state index in [1.165, 1.54) is 19.6 Å². The van der Waals surface area contributed by atoms with Crippen molar-refractivity contribution in [2.45, 2.75) is 19.6 Å². The van der Waals surface area contributed by atoms with Gasteiger partial charge in [0.15, 0.2) is 19.8 Å². The van der Waals surface area contributed by atoms with Gasteiger partial charge in [0.05, 0.1) is 0 Å². The van der Waals surface area contributed by atoms with Crippen molar-refractivity contribution in [3.8, 4) is 11.5 Å². The Morgan fingerprint density at radius 1 is 0.467 bits per heavy atom. The first-order chi connectivity index (χ1) is 13.7. The molecule has 0 bridgehead atoms. The van der Waals surface area contributed by atoms with Crippen LogP contribution in [0.25, 0.3) is 0 Å². The van der Waals surface area contributed by atoms with E-state index in [1.54, 1.807) is 0 Å². The van der Waals surface area contributed by atoms with Gasteiger partial charge in [-0.05, 0) is 19.6 Å². The van der Waals surface area contributed by atoms with Crippen LogP contribution in [0, 0.1) is 58.2 Å². The first-order valence-corrected chi connectivity index (χ1v) is 12.5. The lowest BCUT2D eigenvalue weighted by molar-refractivity contribution is 0.258. The van der Waals surface area contributed by atoms with Gasteiger partial charge in [-0.1, -0.05) is 0 Å². The molecule has 0 radical (unpaired) electrons. The summed E-state index contributed by atoms with van der Waals surface area (Å²) in [6.45, 7) is 4.20. The number of hydrogen-bond donors (Lipinski definition) is 0. The number of halogens is 10. The van der Waals surface area contributed by atoms with E-state index in [2.05, 4.69) is 7.58 Å². The van der Waals surface area contributed by atoms with Gasteiger partial charge in [0.2, 0.25) is 58.2 Å². The zero-order valence-corrected chi connectivity index (χ0v) is 17.2. The molecule has 164 valence electrons. The molecule has 0 aliphatic carbocycles. The summed E-state index contributed by atoms with van der Waals surface area (Å²) in [6.07, 6.45) is 0. The summed E-state index contributed by atoms with van der Waals surface area (Å²) in [4.78, 5) is 0. The Bertz CT molecular complexity index is 869. The van der Waals surface area contributed by atoms with Crippen molar-refractivity contribution in [3.05, 3.63) is 58.2 Å². The monoisotopic (exact) mass is 482 g/mol. The number of hydrogen-bond acceptors (Lipinski definition) is 3. The molecule has 0 N–H and O–H groups in total. The Hall–Kier alpha value is -1.95. The van der Waals surface area contributed by atoms with Crippen molar-refractivity contribution < 1.29 is 55.0 Å². The van der Waals surface area contributed by atoms with Crippen LogP contribution in [0.5, 0.6) is 11.5 Å². The summed E-state index contributed by atoms with van der Waals surface area (Å²) in [6, 6.07) is 0. The fraction of sp³-hybridized carbons (Fsp3) is 0.200. The molecule has 0 amide bonds. The second-order valence-corrected chi connectivity index (χ2v) is 12.8. The second-order valence-electron chi connectivity index (χ2n) is 6.55. The summed E-state index contributed by atoms with van der Waals surface area (Å²) in [5, 5.41) is 0. The third-order valence-corrected chi connectivity index (χ3v) is 7.67. The number of benzene rings is 2. The molecule has 0 spiro atoms. The maximum Gasteiger partial charge on any atom is 1.09 e. The minimum Gasteiger partial charge on any atom is -0.584 e. The lowest BCUT2D eigenvalue weighted by Gasteiger charge is -2.24. The zero-order chi connectivity index (χ0) is 23.1. The molecule has 0 aliphatic rings. The van der Waals surface area contributed by atoms with E-state index in [4.69, 9.17) is 3.48 Å². The predicted octanol–water partition coefficient (Wildman–Crippen LogP) is 5.37. The van der Waals surface area contributed by atoms with Gasteiger partial charge in [0.25, 0.3) is 0 Å². The van der Waals surface area contributed by atoms with E-state index in [1.807, 2.05) is 0 Å². The van der Waals surface area contributed by atoms with E-state index in [0.717, 1.165) is 0 Å². The molecule has 0 fully saturated rings. The zero-order valence-electron chi connectivity index (χ0n) is 15.1. The minimum absolute atomic E-state index is 1.40. The van der Waals surface area contributed by atoms with Crippen LogP contribution in [0.1, 0.15) is 0 Å². The standard InChI is InChI=1S/2C6HF5O.C3H9OSi.Al/c2*7-1-2(8)4(10)6(12)5(11)3(1)9;1-5(2,3)4;/h2*12H;1-3H3;/q;;-1;+3/p-2. The largest absolute Gasteiger partial charge is 1.09 e. The third kappa shape index (κ3) is 4.69. The maximum absolute atomic E-state index is 13.8. The van der Waals surface area contributed by atoms with E-state index in [9.17, 15) is 43.9 Å². The fourth-order valence-corrected chi connectivity index (χ4v) is 5.47. The summed E-state index contributed by atoms with van der Waals surface area (Å²) in [5.74, 6) is -28.2. The van der Waals surface area contributed by atoms with Crippen LogP contribution in [-0.2, 0) is 3.48 Å². The average molecular weight is 482 g/mol. The van der Waals surface area contributed by atoms with Crippen LogP contribution in [0.15, 0.2) is 0 Å². The predicted molar refractivity (Wildman–Crippen MR) is 83.9 cm³/mol. The molecule has 2 rings (SSSR count). The summed E-state index contributed by atoms with van der Waals surface area (Å²) in [7, 11) is -2.87.